The summed E-state index contributed by atoms with van der Waals surface area (Å²) in [6.07, 6.45) is -2.58. The molecule has 0 aliphatic carbocycles. The number of nitrogens with zero attached hydrogens (tertiary/aromatic N) is 2. The van der Waals surface area contributed by atoms with E-state index in [0.29, 0.717) is 42.0 Å². The number of hydrogen-bond acceptors (Lipinski definition) is 4. The molecule has 2 aromatic heterocycles. The van der Waals surface area contributed by atoms with Gasteiger partial charge in [-0.25, -0.2) is 0 Å². The maximum absolute atomic E-state index is 12.5. The summed E-state index contributed by atoms with van der Waals surface area (Å²) in [4.78, 5) is 22.9. The smallest absolute Gasteiger partial charge is 0.335 e. The van der Waals surface area contributed by atoms with Gasteiger partial charge in [-0.1, -0.05) is 6.07 Å². The van der Waals surface area contributed by atoms with E-state index in [4.69, 9.17) is 12.2 Å². The minimum absolute atomic E-state index is 0.223. The zero-order chi connectivity index (χ0) is 16.6. The molecule has 2 aromatic rings. The van der Waals surface area contributed by atoms with Crippen molar-refractivity contribution in [2.45, 2.75) is 25.7 Å². The van der Waals surface area contributed by atoms with Crippen LogP contribution in [0.15, 0.2) is 23.1 Å². The van der Waals surface area contributed by atoms with Gasteiger partial charge in [0.2, 0.25) is 0 Å². The van der Waals surface area contributed by atoms with Gasteiger partial charge < -0.3 is 4.98 Å². The van der Waals surface area contributed by atoms with Gasteiger partial charge in [0.1, 0.15) is 5.69 Å². The Morgan fingerprint density at radius 2 is 2.09 bits per heavy atom. The average Bonchev–Trinajstić information content (AvgIpc) is 2.47. The van der Waals surface area contributed by atoms with E-state index in [9.17, 15) is 18.0 Å². The van der Waals surface area contributed by atoms with E-state index in [1.165, 1.54) is 12.3 Å². The Balaban J connectivity index is 1.75. The summed E-state index contributed by atoms with van der Waals surface area (Å²) in [6, 6.07) is 2.38. The van der Waals surface area contributed by atoms with Gasteiger partial charge in [0.25, 0.3) is 5.56 Å². The van der Waals surface area contributed by atoms with Gasteiger partial charge in [-0.3, -0.25) is 19.7 Å². The molecule has 3 rings (SSSR count). The second kappa shape index (κ2) is 5.89. The normalized spacial score (nSPS) is 15.4. The number of halogens is 3. The third-order valence-corrected chi connectivity index (χ3v) is 3.92. The van der Waals surface area contributed by atoms with Gasteiger partial charge in [0.15, 0.2) is 4.77 Å². The molecule has 0 fully saturated rings. The fourth-order valence-corrected chi connectivity index (χ4v) is 2.81. The maximum atomic E-state index is 12.5. The number of alkyl halides is 3. The van der Waals surface area contributed by atoms with Crippen LogP contribution in [-0.2, 0) is 25.7 Å². The van der Waals surface area contributed by atoms with Crippen molar-refractivity contribution >= 4 is 12.2 Å². The van der Waals surface area contributed by atoms with Crippen LogP contribution >= 0.6 is 12.2 Å². The Morgan fingerprint density at radius 1 is 1.30 bits per heavy atom. The van der Waals surface area contributed by atoms with Crippen LogP contribution in [0, 0.1) is 4.77 Å². The van der Waals surface area contributed by atoms with Crippen molar-refractivity contribution < 1.29 is 13.2 Å². The summed E-state index contributed by atoms with van der Waals surface area (Å²) in [5.74, 6) is 0. The lowest BCUT2D eigenvalue weighted by Gasteiger charge is -2.27. The van der Waals surface area contributed by atoms with Gasteiger partial charge >= 0.3 is 6.18 Å². The fraction of sp³-hybridized carbons (Fsp3) is 0.357. The summed E-state index contributed by atoms with van der Waals surface area (Å²) in [6.45, 7) is 1.53. The molecule has 0 atom stereocenters. The van der Waals surface area contributed by atoms with Crippen LogP contribution < -0.4 is 5.56 Å². The van der Waals surface area contributed by atoms with Crippen LogP contribution in [0.4, 0.5) is 13.2 Å². The van der Waals surface area contributed by atoms with Crippen LogP contribution in [0.1, 0.15) is 22.5 Å². The topological polar surface area (TPSA) is 64.8 Å². The molecule has 1 aliphatic rings. The van der Waals surface area contributed by atoms with Crippen LogP contribution in [0.3, 0.4) is 0 Å². The number of nitrogens with one attached hydrogen (secondary N) is 2. The molecule has 0 spiro atoms. The summed E-state index contributed by atoms with van der Waals surface area (Å²) >= 11 is 4.94. The van der Waals surface area contributed by atoms with E-state index < -0.39 is 11.9 Å². The highest BCUT2D eigenvalue weighted by Gasteiger charge is 2.32. The largest absolute Gasteiger partial charge is 0.433 e. The number of aromatic nitrogens is 3. The zero-order valence-electron chi connectivity index (χ0n) is 11.9. The summed E-state index contributed by atoms with van der Waals surface area (Å²) in [5, 5.41) is 0. The first kappa shape index (κ1) is 15.9. The van der Waals surface area contributed by atoms with E-state index >= 15 is 0 Å². The van der Waals surface area contributed by atoms with Gasteiger partial charge in [0.05, 0.1) is 5.56 Å². The summed E-state index contributed by atoms with van der Waals surface area (Å²) in [7, 11) is 0. The number of hydrogen-bond donors (Lipinski definition) is 2. The lowest BCUT2D eigenvalue weighted by atomic mass is 10.1. The van der Waals surface area contributed by atoms with Crippen LogP contribution in [-0.4, -0.2) is 26.4 Å². The van der Waals surface area contributed by atoms with Crippen LogP contribution in [0.2, 0.25) is 0 Å². The molecular formula is C14H13F3N4OS. The van der Waals surface area contributed by atoms with E-state index in [1.807, 2.05) is 4.90 Å². The molecule has 0 bridgehead atoms. The van der Waals surface area contributed by atoms with Crippen LogP contribution in [0.5, 0.6) is 0 Å². The van der Waals surface area contributed by atoms with E-state index in [1.54, 1.807) is 0 Å². The van der Waals surface area contributed by atoms with Gasteiger partial charge in [-0.15, -0.1) is 0 Å². The fourth-order valence-electron chi connectivity index (χ4n) is 2.59. The minimum Gasteiger partial charge on any atom is -0.335 e. The molecule has 2 N–H and O–H groups in total. The molecule has 122 valence electrons. The second-order valence-corrected chi connectivity index (χ2v) is 5.78. The molecule has 0 radical (unpaired) electrons. The summed E-state index contributed by atoms with van der Waals surface area (Å²) < 4.78 is 37.8. The summed E-state index contributed by atoms with van der Waals surface area (Å²) in [5.41, 5.74) is 0.972. The highest BCUT2D eigenvalue weighted by Crippen LogP contribution is 2.27. The monoisotopic (exact) mass is 342 g/mol. The third kappa shape index (κ3) is 3.50. The van der Waals surface area contributed by atoms with E-state index in [0.717, 1.165) is 11.8 Å². The van der Waals surface area contributed by atoms with Gasteiger partial charge in [-0.2, -0.15) is 13.2 Å². The Morgan fingerprint density at radius 3 is 2.74 bits per heavy atom. The highest BCUT2D eigenvalue weighted by atomic mass is 32.1. The quantitative estimate of drug-likeness (QED) is 0.823. The third-order valence-electron chi connectivity index (χ3n) is 3.71. The molecule has 1 aliphatic heterocycles. The Kier molecular flexibility index (Phi) is 4.07. The van der Waals surface area contributed by atoms with E-state index in [-0.39, 0.29) is 5.56 Å². The predicted molar refractivity (Wildman–Crippen MR) is 79.3 cm³/mol. The minimum atomic E-state index is -4.44. The molecular weight excluding hydrogens is 329 g/mol. The second-order valence-electron chi connectivity index (χ2n) is 5.38. The Labute approximate surface area is 134 Å². The molecule has 0 amide bonds. The molecule has 3 heterocycles. The van der Waals surface area contributed by atoms with Crippen molar-refractivity contribution in [3.05, 3.63) is 56.0 Å². The first-order valence-electron chi connectivity index (χ1n) is 6.92. The average molecular weight is 342 g/mol. The number of pyridine rings is 1. The SMILES string of the molecule is O=c1[nH]c(=S)[nH]c2c1CN(Cc1ccc(C(F)(F)F)nc1)CC2. The molecule has 0 saturated heterocycles. The molecule has 9 heteroatoms. The van der Waals surface area contributed by atoms with Crippen molar-refractivity contribution in [3.63, 3.8) is 0 Å². The number of aromatic amines is 2. The Bertz CT molecular complexity index is 826. The molecule has 0 aromatic carbocycles. The van der Waals surface area contributed by atoms with Crippen molar-refractivity contribution in [1.82, 2.24) is 19.9 Å². The molecule has 5 nitrogen and oxygen atoms in total. The zero-order valence-corrected chi connectivity index (χ0v) is 12.7. The number of H-pyrrole nitrogens is 2. The van der Waals surface area contributed by atoms with Crippen molar-refractivity contribution in [3.8, 4) is 0 Å². The predicted octanol–water partition coefficient (Wildman–Crippen LogP) is 2.40. The molecule has 23 heavy (non-hydrogen) atoms. The first-order valence-corrected chi connectivity index (χ1v) is 7.32. The van der Waals surface area contributed by atoms with Gasteiger partial charge in [0, 0.05) is 37.9 Å². The highest BCUT2D eigenvalue weighted by molar-refractivity contribution is 7.71. The lowest BCUT2D eigenvalue weighted by Crippen LogP contribution is -2.35. The first-order chi connectivity index (χ1) is 10.8. The van der Waals surface area contributed by atoms with E-state index in [2.05, 4.69) is 15.0 Å². The molecule has 0 saturated carbocycles. The Hall–Kier alpha value is -2.00. The lowest BCUT2D eigenvalue weighted by molar-refractivity contribution is -0.141. The van der Waals surface area contributed by atoms with Crippen molar-refractivity contribution in [2.24, 2.45) is 0 Å². The maximum Gasteiger partial charge on any atom is 0.433 e. The molecule has 0 unspecified atom stereocenters. The van der Waals surface area contributed by atoms with Crippen LogP contribution in [0.25, 0.3) is 0 Å². The van der Waals surface area contributed by atoms with Crippen molar-refractivity contribution in [1.29, 1.82) is 0 Å². The van der Waals surface area contributed by atoms with Crippen molar-refractivity contribution in [2.75, 3.05) is 6.54 Å². The number of fused-ring (bicyclic) bond motifs is 1. The van der Waals surface area contributed by atoms with Gasteiger partial charge in [-0.05, 0) is 23.8 Å². The number of rotatable bonds is 2. The standard InChI is InChI=1S/C14H13F3N4OS/c15-14(16,17)11-2-1-8(5-18-11)6-21-4-3-10-9(7-21)12(22)20-13(23)19-10/h1-2,5H,3-4,6-7H2,(H2,19,20,22,23).